The molecule has 0 bridgehead atoms. The Morgan fingerprint density at radius 3 is 2.00 bits per heavy atom. The second-order valence-electron chi connectivity index (χ2n) is 4.90. The van der Waals surface area contributed by atoms with Gasteiger partial charge in [0.2, 0.25) is 0 Å². The molecule has 0 aliphatic rings. The molecule has 84 valence electrons. The van der Waals surface area contributed by atoms with Crippen molar-refractivity contribution in [3.8, 4) is 0 Å². The van der Waals surface area contributed by atoms with Crippen LogP contribution >= 0.6 is 0 Å². The summed E-state index contributed by atoms with van der Waals surface area (Å²) in [4.78, 5) is 10.9. The molecule has 4 heteroatoms. The van der Waals surface area contributed by atoms with Gasteiger partial charge in [0.25, 0.3) is 5.79 Å². The minimum Gasteiger partial charge on any atom is -0.477 e. The summed E-state index contributed by atoms with van der Waals surface area (Å²) in [7, 11) is 0. The van der Waals surface area contributed by atoms with Crippen LogP contribution in [0.1, 0.15) is 34.6 Å². The van der Waals surface area contributed by atoms with Crippen LogP contribution in [-0.4, -0.2) is 28.6 Å². The predicted molar refractivity (Wildman–Crippen MR) is 52.8 cm³/mol. The summed E-state index contributed by atoms with van der Waals surface area (Å²) in [5, 5.41) is 18.8. The molecular formula is C10H20O4. The number of aliphatic hydroxyl groups is 1. The van der Waals surface area contributed by atoms with E-state index in [4.69, 9.17) is 9.84 Å². The zero-order valence-corrected chi connectivity index (χ0v) is 9.50. The molecule has 1 atom stereocenters. The zero-order chi connectivity index (χ0) is 11.6. The summed E-state index contributed by atoms with van der Waals surface area (Å²) >= 11 is 0. The van der Waals surface area contributed by atoms with Crippen LogP contribution in [0.3, 0.4) is 0 Å². The average molecular weight is 204 g/mol. The van der Waals surface area contributed by atoms with Gasteiger partial charge in [-0.15, -0.1) is 0 Å². The molecule has 4 nitrogen and oxygen atoms in total. The van der Waals surface area contributed by atoms with Crippen molar-refractivity contribution in [3.63, 3.8) is 0 Å². The molecule has 2 N–H and O–H groups in total. The zero-order valence-electron chi connectivity index (χ0n) is 9.50. The summed E-state index contributed by atoms with van der Waals surface area (Å²) in [5.41, 5.74) is -0.853. The molecule has 14 heavy (non-hydrogen) atoms. The third kappa shape index (κ3) is 2.96. The molecule has 0 heterocycles. The lowest BCUT2D eigenvalue weighted by atomic mass is 9.85. The second kappa shape index (κ2) is 4.28. The summed E-state index contributed by atoms with van der Waals surface area (Å²) in [6.45, 7) is 8.89. The number of hydrogen-bond donors (Lipinski definition) is 2. The van der Waals surface area contributed by atoms with E-state index in [-0.39, 0.29) is 12.5 Å². The molecule has 0 saturated carbocycles. The third-order valence-corrected chi connectivity index (χ3v) is 1.93. The first-order valence-corrected chi connectivity index (χ1v) is 4.71. The Kier molecular flexibility index (Phi) is 4.09. The lowest BCUT2D eigenvalue weighted by Gasteiger charge is -2.36. The molecule has 0 fully saturated rings. The van der Waals surface area contributed by atoms with Crippen LogP contribution in [-0.2, 0) is 9.53 Å². The first-order chi connectivity index (χ1) is 6.11. The van der Waals surface area contributed by atoms with Crippen LogP contribution in [0.25, 0.3) is 0 Å². The van der Waals surface area contributed by atoms with E-state index in [1.54, 1.807) is 20.8 Å². The van der Waals surface area contributed by atoms with Gasteiger partial charge >= 0.3 is 5.97 Å². The number of carboxylic acid groups (broad SMARTS) is 1. The lowest BCUT2D eigenvalue weighted by molar-refractivity contribution is -0.264. The van der Waals surface area contributed by atoms with Gasteiger partial charge in [-0.1, -0.05) is 34.6 Å². The van der Waals surface area contributed by atoms with Crippen molar-refractivity contribution >= 4 is 5.97 Å². The van der Waals surface area contributed by atoms with E-state index in [1.807, 2.05) is 13.8 Å². The van der Waals surface area contributed by atoms with Crippen LogP contribution in [0.4, 0.5) is 0 Å². The number of rotatable bonds is 4. The Morgan fingerprint density at radius 1 is 1.36 bits per heavy atom. The van der Waals surface area contributed by atoms with Gasteiger partial charge < -0.3 is 14.9 Å². The SMILES string of the molecule is CC(C)COC(O)(C(=O)O)C(C)(C)C. The topological polar surface area (TPSA) is 66.8 Å². The summed E-state index contributed by atoms with van der Waals surface area (Å²) in [6.07, 6.45) is 0. The van der Waals surface area contributed by atoms with Crippen molar-refractivity contribution in [2.45, 2.75) is 40.4 Å². The highest BCUT2D eigenvalue weighted by molar-refractivity contribution is 5.76. The van der Waals surface area contributed by atoms with E-state index < -0.39 is 17.2 Å². The molecule has 0 aromatic heterocycles. The number of carboxylic acids is 1. The van der Waals surface area contributed by atoms with Gasteiger partial charge in [0.1, 0.15) is 0 Å². The van der Waals surface area contributed by atoms with Gasteiger partial charge in [-0.05, 0) is 5.92 Å². The number of ether oxygens (including phenoxy) is 1. The van der Waals surface area contributed by atoms with Crippen LogP contribution < -0.4 is 0 Å². The van der Waals surface area contributed by atoms with Crippen LogP contribution in [0.5, 0.6) is 0 Å². The molecule has 0 aliphatic carbocycles. The number of aliphatic carboxylic acids is 1. The van der Waals surface area contributed by atoms with Crippen molar-refractivity contribution in [3.05, 3.63) is 0 Å². The van der Waals surface area contributed by atoms with E-state index in [2.05, 4.69) is 0 Å². The van der Waals surface area contributed by atoms with E-state index in [0.717, 1.165) is 0 Å². The maximum Gasteiger partial charge on any atom is 0.364 e. The van der Waals surface area contributed by atoms with E-state index in [0.29, 0.717) is 0 Å². The highest BCUT2D eigenvalue weighted by atomic mass is 16.6. The molecular weight excluding hydrogens is 184 g/mol. The normalized spacial score (nSPS) is 16.8. The molecule has 0 aromatic carbocycles. The first-order valence-electron chi connectivity index (χ1n) is 4.71. The largest absolute Gasteiger partial charge is 0.477 e. The van der Waals surface area contributed by atoms with Crippen molar-refractivity contribution in [1.29, 1.82) is 0 Å². The molecule has 0 rings (SSSR count). The maximum atomic E-state index is 10.9. The molecule has 0 amide bonds. The maximum absolute atomic E-state index is 10.9. The average Bonchev–Trinajstić information content (AvgIpc) is 1.97. The van der Waals surface area contributed by atoms with Gasteiger partial charge in [0, 0.05) is 5.41 Å². The highest BCUT2D eigenvalue weighted by Gasteiger charge is 2.48. The van der Waals surface area contributed by atoms with E-state index >= 15 is 0 Å². The van der Waals surface area contributed by atoms with Gasteiger partial charge in [-0.25, -0.2) is 4.79 Å². The molecule has 1 unspecified atom stereocenters. The van der Waals surface area contributed by atoms with Gasteiger partial charge in [-0.3, -0.25) is 0 Å². The standard InChI is InChI=1S/C10H20O4/c1-7(2)6-14-10(13,8(11)12)9(3,4)5/h7,13H,6H2,1-5H3,(H,11,12). The lowest BCUT2D eigenvalue weighted by Crippen LogP contribution is -2.52. The van der Waals surface area contributed by atoms with Crippen LogP contribution in [0.2, 0.25) is 0 Å². The smallest absolute Gasteiger partial charge is 0.364 e. The van der Waals surface area contributed by atoms with Crippen molar-refractivity contribution in [2.24, 2.45) is 11.3 Å². The fourth-order valence-corrected chi connectivity index (χ4v) is 0.886. The molecule has 0 aromatic rings. The van der Waals surface area contributed by atoms with Gasteiger partial charge in [0.05, 0.1) is 6.61 Å². The monoisotopic (exact) mass is 204 g/mol. The summed E-state index contributed by atoms with van der Waals surface area (Å²) in [5.74, 6) is -3.27. The molecule has 0 aliphatic heterocycles. The van der Waals surface area contributed by atoms with Crippen molar-refractivity contribution in [1.82, 2.24) is 0 Å². The van der Waals surface area contributed by atoms with Gasteiger partial charge in [0.15, 0.2) is 0 Å². The predicted octanol–water partition coefficient (Wildman–Crippen LogP) is 1.48. The van der Waals surface area contributed by atoms with Crippen molar-refractivity contribution in [2.75, 3.05) is 6.61 Å². The minimum atomic E-state index is -2.11. The Labute approximate surface area is 84.9 Å². The van der Waals surface area contributed by atoms with Gasteiger partial charge in [-0.2, -0.15) is 0 Å². The number of hydrogen-bond acceptors (Lipinski definition) is 3. The minimum absolute atomic E-state index is 0.184. The summed E-state index contributed by atoms with van der Waals surface area (Å²) < 4.78 is 5.07. The molecule has 0 radical (unpaired) electrons. The van der Waals surface area contributed by atoms with Crippen molar-refractivity contribution < 1.29 is 19.7 Å². The Morgan fingerprint density at radius 2 is 1.79 bits per heavy atom. The fourth-order valence-electron chi connectivity index (χ4n) is 0.886. The third-order valence-electron chi connectivity index (χ3n) is 1.93. The quantitative estimate of drug-likeness (QED) is 0.681. The molecule has 0 saturated heterocycles. The van der Waals surface area contributed by atoms with E-state index in [1.165, 1.54) is 0 Å². The Hall–Kier alpha value is -0.610. The molecule has 0 spiro atoms. The number of carbonyl (C=O) groups is 1. The second-order valence-corrected chi connectivity index (χ2v) is 4.90. The van der Waals surface area contributed by atoms with Crippen LogP contribution in [0, 0.1) is 11.3 Å². The summed E-state index contributed by atoms with van der Waals surface area (Å²) in [6, 6.07) is 0. The highest BCUT2D eigenvalue weighted by Crippen LogP contribution is 2.32. The van der Waals surface area contributed by atoms with E-state index in [9.17, 15) is 9.90 Å². The first kappa shape index (κ1) is 13.4. The Balaban J connectivity index is 4.67. The van der Waals surface area contributed by atoms with Crippen LogP contribution in [0.15, 0.2) is 0 Å². The Bertz CT molecular complexity index is 205. The fraction of sp³-hybridized carbons (Fsp3) is 0.900.